The molecule has 3 heterocycles. The van der Waals surface area contributed by atoms with E-state index < -0.39 is 0 Å². The van der Waals surface area contributed by atoms with Gasteiger partial charge in [-0.3, -0.25) is 5.32 Å². The molecule has 0 spiro atoms. The number of hydrogen-bond acceptors (Lipinski definition) is 7. The smallest absolute Gasteiger partial charge is 0.325 e. The highest BCUT2D eigenvalue weighted by molar-refractivity contribution is 7.17. The average molecular weight is 431 g/mol. The first-order valence-corrected chi connectivity index (χ1v) is 10.5. The van der Waals surface area contributed by atoms with Crippen molar-refractivity contribution in [3.05, 3.63) is 58.1 Å². The highest BCUT2D eigenvalue weighted by Crippen LogP contribution is 2.25. The molecule has 0 unspecified atom stereocenters. The third kappa shape index (κ3) is 4.38. The molecule has 0 aliphatic carbocycles. The maximum absolute atomic E-state index is 12.1. The molecular weight excluding hydrogens is 416 g/mol. The number of carbonyl (C=O) groups excluding carboxylic acids is 1. The summed E-state index contributed by atoms with van der Waals surface area (Å²) < 4.78 is 1.05. The number of benzene rings is 1. The molecule has 4 aromatic rings. The molecule has 142 valence electrons. The third-order valence-electron chi connectivity index (χ3n) is 3.80. The average Bonchev–Trinajstić information content (AvgIpc) is 3.33. The zero-order chi connectivity index (χ0) is 19.3. The molecule has 10 heteroatoms. The fourth-order valence-corrected chi connectivity index (χ4v) is 4.31. The van der Waals surface area contributed by atoms with E-state index >= 15 is 0 Å². The van der Waals surface area contributed by atoms with E-state index in [-0.39, 0.29) is 6.03 Å². The van der Waals surface area contributed by atoms with Crippen LogP contribution >= 0.6 is 34.3 Å². The van der Waals surface area contributed by atoms with E-state index in [0.717, 1.165) is 27.3 Å². The van der Waals surface area contributed by atoms with Crippen LogP contribution in [0.5, 0.6) is 0 Å². The van der Waals surface area contributed by atoms with Crippen LogP contribution in [0, 0.1) is 0 Å². The maximum atomic E-state index is 12.1. The Bertz CT molecular complexity index is 1110. The van der Waals surface area contributed by atoms with Gasteiger partial charge in [-0.25, -0.2) is 19.7 Å². The van der Waals surface area contributed by atoms with Gasteiger partial charge in [0.2, 0.25) is 0 Å². The van der Waals surface area contributed by atoms with Gasteiger partial charge in [0.1, 0.15) is 12.1 Å². The predicted octanol–water partition coefficient (Wildman–Crippen LogP) is 5.10. The number of aromatic nitrogens is 3. The van der Waals surface area contributed by atoms with Crippen molar-refractivity contribution in [2.75, 3.05) is 22.5 Å². The lowest BCUT2D eigenvalue weighted by Gasteiger charge is -2.06. The molecule has 0 saturated heterocycles. The number of rotatable bonds is 6. The van der Waals surface area contributed by atoms with Gasteiger partial charge in [-0.1, -0.05) is 23.7 Å². The Kier molecular flexibility index (Phi) is 5.65. The van der Waals surface area contributed by atoms with Crippen molar-refractivity contribution >= 4 is 67.2 Å². The fourth-order valence-electron chi connectivity index (χ4n) is 2.51. The first-order valence-electron chi connectivity index (χ1n) is 8.38. The second-order valence-electron chi connectivity index (χ2n) is 5.72. The minimum Gasteiger partial charge on any atom is -0.368 e. The van der Waals surface area contributed by atoms with Crippen LogP contribution in [-0.4, -0.2) is 27.5 Å². The van der Waals surface area contributed by atoms with Crippen LogP contribution < -0.4 is 16.0 Å². The van der Waals surface area contributed by atoms with Gasteiger partial charge < -0.3 is 10.6 Å². The summed E-state index contributed by atoms with van der Waals surface area (Å²) in [5.74, 6) is 0.835. The van der Waals surface area contributed by atoms with E-state index in [1.165, 1.54) is 11.3 Å². The number of urea groups is 1. The highest BCUT2D eigenvalue weighted by Gasteiger charge is 2.09. The quantitative estimate of drug-likeness (QED) is 0.395. The molecule has 28 heavy (non-hydrogen) atoms. The largest absolute Gasteiger partial charge is 0.368 e. The Morgan fingerprint density at radius 2 is 2.00 bits per heavy atom. The summed E-state index contributed by atoms with van der Waals surface area (Å²) in [5, 5.41) is 11.8. The molecule has 0 aliphatic heterocycles. The van der Waals surface area contributed by atoms with E-state index in [9.17, 15) is 4.79 Å². The number of fused-ring (bicyclic) bond motifs is 1. The molecule has 0 fully saturated rings. The zero-order valence-electron chi connectivity index (χ0n) is 14.5. The number of para-hydroxylation sites is 1. The Balaban J connectivity index is 1.30. The van der Waals surface area contributed by atoms with Crippen molar-refractivity contribution in [2.24, 2.45) is 0 Å². The van der Waals surface area contributed by atoms with Gasteiger partial charge in [-0.2, -0.15) is 0 Å². The van der Waals surface area contributed by atoms with Gasteiger partial charge >= 0.3 is 6.03 Å². The molecule has 3 aromatic heterocycles. The minimum absolute atomic E-state index is 0.381. The fraction of sp³-hybridized carbons (Fsp3) is 0.111. The van der Waals surface area contributed by atoms with Crippen LogP contribution in [0.15, 0.2) is 48.2 Å². The van der Waals surface area contributed by atoms with Gasteiger partial charge in [-0.05, 0) is 23.6 Å². The van der Waals surface area contributed by atoms with Crippen molar-refractivity contribution in [3.63, 3.8) is 0 Å². The van der Waals surface area contributed by atoms with Crippen LogP contribution in [0.1, 0.15) is 4.88 Å². The monoisotopic (exact) mass is 430 g/mol. The van der Waals surface area contributed by atoms with Crippen molar-refractivity contribution in [3.8, 4) is 0 Å². The lowest BCUT2D eigenvalue weighted by atomic mass is 10.3. The molecule has 1 aromatic carbocycles. The first kappa shape index (κ1) is 18.6. The standard InChI is InChI=1S/C18H15ClN6OS2/c19-12-3-1-2-4-13(12)24-17(26)25-18-21-9-11(28-18)5-7-20-16-15-14(6-8-27-15)22-10-23-16/h1-4,6,8-10H,5,7H2,(H,20,22,23)(H2,21,24,25,26). The van der Waals surface area contributed by atoms with Gasteiger partial charge in [0, 0.05) is 24.0 Å². The van der Waals surface area contributed by atoms with Crippen molar-refractivity contribution in [2.45, 2.75) is 6.42 Å². The number of nitrogens with zero attached hydrogens (tertiary/aromatic N) is 3. The molecule has 0 bridgehead atoms. The van der Waals surface area contributed by atoms with E-state index in [1.54, 1.807) is 48.1 Å². The summed E-state index contributed by atoms with van der Waals surface area (Å²) in [5.41, 5.74) is 1.49. The SMILES string of the molecule is O=C(Nc1ncc(CCNc2ncnc3ccsc23)s1)Nc1ccccc1Cl. The normalized spacial score (nSPS) is 10.8. The summed E-state index contributed by atoms with van der Waals surface area (Å²) in [6.45, 7) is 0.706. The van der Waals surface area contributed by atoms with Crippen LogP contribution in [0.4, 0.5) is 21.4 Å². The summed E-state index contributed by atoms with van der Waals surface area (Å²) in [6, 6.07) is 8.65. The number of hydrogen-bond donors (Lipinski definition) is 3. The van der Waals surface area contributed by atoms with E-state index in [2.05, 4.69) is 30.9 Å². The van der Waals surface area contributed by atoms with Crippen LogP contribution in [-0.2, 0) is 6.42 Å². The molecule has 0 atom stereocenters. The van der Waals surface area contributed by atoms with Crippen molar-refractivity contribution in [1.29, 1.82) is 0 Å². The molecule has 4 rings (SSSR count). The molecule has 2 amide bonds. The molecule has 7 nitrogen and oxygen atoms in total. The maximum Gasteiger partial charge on any atom is 0.325 e. The van der Waals surface area contributed by atoms with Crippen LogP contribution in [0.2, 0.25) is 5.02 Å². The second-order valence-corrected chi connectivity index (χ2v) is 8.16. The first-order chi connectivity index (χ1) is 13.7. The Labute approximate surface area is 173 Å². The molecule has 0 radical (unpaired) electrons. The lowest BCUT2D eigenvalue weighted by molar-refractivity contribution is 0.262. The topological polar surface area (TPSA) is 91.8 Å². The summed E-state index contributed by atoms with van der Waals surface area (Å²) in [6.07, 6.45) is 4.09. The Hall–Kier alpha value is -2.75. The van der Waals surface area contributed by atoms with E-state index in [1.807, 2.05) is 11.4 Å². The van der Waals surface area contributed by atoms with Crippen LogP contribution in [0.25, 0.3) is 10.2 Å². The van der Waals surface area contributed by atoms with Crippen molar-refractivity contribution in [1.82, 2.24) is 15.0 Å². The van der Waals surface area contributed by atoms with Crippen molar-refractivity contribution < 1.29 is 4.79 Å². The number of carbonyl (C=O) groups is 1. The molecule has 0 aliphatic rings. The summed E-state index contributed by atoms with van der Waals surface area (Å²) >= 11 is 9.08. The van der Waals surface area contributed by atoms with Gasteiger partial charge in [-0.15, -0.1) is 22.7 Å². The summed E-state index contributed by atoms with van der Waals surface area (Å²) in [7, 11) is 0. The second kappa shape index (κ2) is 8.51. The van der Waals surface area contributed by atoms with Gasteiger partial charge in [0.25, 0.3) is 0 Å². The van der Waals surface area contributed by atoms with E-state index in [0.29, 0.717) is 22.4 Å². The van der Waals surface area contributed by atoms with Gasteiger partial charge in [0.05, 0.1) is 20.9 Å². The molecule has 0 saturated carbocycles. The Morgan fingerprint density at radius 1 is 1.11 bits per heavy atom. The predicted molar refractivity (Wildman–Crippen MR) is 116 cm³/mol. The number of amides is 2. The lowest BCUT2D eigenvalue weighted by Crippen LogP contribution is -2.19. The third-order valence-corrected chi connectivity index (χ3v) is 6.02. The molecular formula is C18H15ClN6OS2. The number of thiazole rings is 1. The number of thiophene rings is 1. The van der Waals surface area contributed by atoms with Gasteiger partial charge in [0.15, 0.2) is 5.13 Å². The van der Waals surface area contributed by atoms with Crippen LogP contribution in [0.3, 0.4) is 0 Å². The number of nitrogens with one attached hydrogen (secondary N) is 3. The van der Waals surface area contributed by atoms with E-state index in [4.69, 9.17) is 11.6 Å². The highest BCUT2D eigenvalue weighted by atomic mass is 35.5. The minimum atomic E-state index is -0.381. The molecule has 3 N–H and O–H groups in total. The Morgan fingerprint density at radius 3 is 2.89 bits per heavy atom. The zero-order valence-corrected chi connectivity index (χ0v) is 16.9. The summed E-state index contributed by atoms with van der Waals surface area (Å²) in [4.78, 5) is 25.9. The number of halogens is 1. The number of anilines is 3.